The minimum absolute atomic E-state index is 0.274. The van der Waals surface area contributed by atoms with Crippen molar-refractivity contribution < 1.29 is 14.7 Å². The van der Waals surface area contributed by atoms with E-state index in [1.54, 1.807) is 13.1 Å². The summed E-state index contributed by atoms with van der Waals surface area (Å²) in [7, 11) is 0. The Morgan fingerprint density at radius 2 is 2.19 bits per heavy atom. The van der Waals surface area contributed by atoms with Crippen LogP contribution in [0, 0.1) is 11.8 Å². The first kappa shape index (κ1) is 12.2. The van der Waals surface area contributed by atoms with E-state index in [4.69, 9.17) is 5.11 Å². The molecule has 2 atom stereocenters. The SMILES string of the molecule is CC(C(=O)O)C(C)C(=O)NCc1cnc[nH]1. The van der Waals surface area contributed by atoms with Crippen molar-refractivity contribution in [1.82, 2.24) is 15.3 Å². The highest BCUT2D eigenvalue weighted by Gasteiger charge is 2.25. The Kier molecular flexibility index (Phi) is 4.04. The van der Waals surface area contributed by atoms with Crippen molar-refractivity contribution in [1.29, 1.82) is 0 Å². The van der Waals surface area contributed by atoms with Crippen molar-refractivity contribution in [3.63, 3.8) is 0 Å². The van der Waals surface area contributed by atoms with Gasteiger partial charge in [-0.25, -0.2) is 4.98 Å². The molecule has 0 aromatic carbocycles. The van der Waals surface area contributed by atoms with Gasteiger partial charge in [0, 0.05) is 12.1 Å². The number of nitrogens with zero attached hydrogens (tertiary/aromatic N) is 1. The van der Waals surface area contributed by atoms with Gasteiger partial charge in [-0.2, -0.15) is 0 Å². The standard InChI is InChI=1S/C10H15N3O3/c1-6(7(2)10(15)16)9(14)12-4-8-3-11-5-13-8/h3,5-7H,4H2,1-2H3,(H,11,13)(H,12,14)(H,15,16). The molecule has 1 amide bonds. The van der Waals surface area contributed by atoms with E-state index in [9.17, 15) is 9.59 Å². The molecule has 2 unspecified atom stereocenters. The summed E-state index contributed by atoms with van der Waals surface area (Å²) in [4.78, 5) is 28.9. The highest BCUT2D eigenvalue weighted by molar-refractivity contribution is 5.84. The first-order valence-electron chi connectivity index (χ1n) is 5.00. The zero-order valence-electron chi connectivity index (χ0n) is 9.23. The summed E-state index contributed by atoms with van der Waals surface area (Å²) in [5, 5.41) is 11.4. The Balaban J connectivity index is 2.43. The van der Waals surface area contributed by atoms with E-state index in [2.05, 4.69) is 15.3 Å². The van der Waals surface area contributed by atoms with Crippen LogP contribution in [-0.2, 0) is 16.1 Å². The number of carboxylic acids is 1. The van der Waals surface area contributed by atoms with Gasteiger partial charge in [0.2, 0.25) is 5.91 Å². The number of aliphatic carboxylic acids is 1. The number of nitrogens with one attached hydrogen (secondary N) is 2. The number of aromatic amines is 1. The van der Waals surface area contributed by atoms with Crippen LogP contribution in [0.4, 0.5) is 0 Å². The van der Waals surface area contributed by atoms with Crippen LogP contribution >= 0.6 is 0 Å². The van der Waals surface area contributed by atoms with Crippen LogP contribution in [0.25, 0.3) is 0 Å². The molecule has 6 nitrogen and oxygen atoms in total. The van der Waals surface area contributed by atoms with E-state index in [0.717, 1.165) is 5.69 Å². The van der Waals surface area contributed by atoms with Gasteiger partial charge in [-0.05, 0) is 0 Å². The van der Waals surface area contributed by atoms with Crippen LogP contribution in [-0.4, -0.2) is 27.0 Å². The monoisotopic (exact) mass is 225 g/mol. The number of rotatable bonds is 5. The molecule has 0 aliphatic rings. The topological polar surface area (TPSA) is 95.1 Å². The lowest BCUT2D eigenvalue weighted by molar-refractivity contribution is -0.146. The molecular weight excluding hydrogens is 210 g/mol. The quantitative estimate of drug-likeness (QED) is 0.675. The summed E-state index contributed by atoms with van der Waals surface area (Å²) in [6.45, 7) is 3.44. The second-order valence-corrected chi connectivity index (χ2v) is 3.71. The van der Waals surface area contributed by atoms with E-state index >= 15 is 0 Å². The number of aromatic nitrogens is 2. The van der Waals surface area contributed by atoms with Crippen LogP contribution in [0.1, 0.15) is 19.5 Å². The molecular formula is C10H15N3O3. The molecule has 0 fully saturated rings. The molecule has 0 spiro atoms. The number of hydrogen-bond donors (Lipinski definition) is 3. The molecule has 1 heterocycles. The lowest BCUT2D eigenvalue weighted by Crippen LogP contribution is -2.34. The van der Waals surface area contributed by atoms with Crippen LogP contribution < -0.4 is 5.32 Å². The van der Waals surface area contributed by atoms with Gasteiger partial charge in [0.05, 0.1) is 24.5 Å². The van der Waals surface area contributed by atoms with E-state index in [1.807, 2.05) is 0 Å². The summed E-state index contributed by atoms with van der Waals surface area (Å²) in [6, 6.07) is 0. The smallest absolute Gasteiger partial charge is 0.307 e. The van der Waals surface area contributed by atoms with Crippen molar-refractivity contribution >= 4 is 11.9 Å². The lowest BCUT2D eigenvalue weighted by Gasteiger charge is -2.15. The third kappa shape index (κ3) is 3.08. The molecule has 0 aliphatic carbocycles. The van der Waals surface area contributed by atoms with Crippen molar-refractivity contribution in [3.05, 3.63) is 18.2 Å². The first-order chi connectivity index (χ1) is 7.52. The molecule has 0 saturated carbocycles. The van der Waals surface area contributed by atoms with E-state index in [-0.39, 0.29) is 5.91 Å². The maximum Gasteiger partial charge on any atom is 0.307 e. The Morgan fingerprint density at radius 1 is 1.50 bits per heavy atom. The maximum absolute atomic E-state index is 11.6. The number of imidazole rings is 1. The molecule has 1 aromatic heterocycles. The van der Waals surface area contributed by atoms with Crippen molar-refractivity contribution in [3.8, 4) is 0 Å². The van der Waals surface area contributed by atoms with Gasteiger partial charge in [-0.15, -0.1) is 0 Å². The predicted molar refractivity (Wildman–Crippen MR) is 56.4 cm³/mol. The number of H-pyrrole nitrogens is 1. The van der Waals surface area contributed by atoms with Crippen molar-refractivity contribution in [2.75, 3.05) is 0 Å². The molecule has 0 aliphatic heterocycles. The normalized spacial score (nSPS) is 14.1. The molecule has 6 heteroatoms. The average Bonchev–Trinajstić information content (AvgIpc) is 2.76. The zero-order chi connectivity index (χ0) is 12.1. The Hall–Kier alpha value is -1.85. The largest absolute Gasteiger partial charge is 0.481 e. The second-order valence-electron chi connectivity index (χ2n) is 3.71. The third-order valence-electron chi connectivity index (χ3n) is 2.56. The summed E-state index contributed by atoms with van der Waals surface area (Å²) < 4.78 is 0. The fourth-order valence-corrected chi connectivity index (χ4v) is 1.17. The fourth-order valence-electron chi connectivity index (χ4n) is 1.17. The van der Waals surface area contributed by atoms with Crippen LogP contribution in [0.5, 0.6) is 0 Å². The second kappa shape index (κ2) is 5.29. The molecule has 0 bridgehead atoms. The summed E-state index contributed by atoms with van der Waals surface area (Å²) in [5.41, 5.74) is 0.781. The third-order valence-corrected chi connectivity index (χ3v) is 2.56. The fraction of sp³-hybridized carbons (Fsp3) is 0.500. The van der Waals surface area contributed by atoms with Crippen molar-refractivity contribution in [2.45, 2.75) is 20.4 Å². The van der Waals surface area contributed by atoms with Gasteiger partial charge in [0.15, 0.2) is 0 Å². The molecule has 88 valence electrons. The van der Waals surface area contributed by atoms with E-state index < -0.39 is 17.8 Å². The molecule has 1 aromatic rings. The van der Waals surface area contributed by atoms with Gasteiger partial charge in [-0.1, -0.05) is 13.8 Å². The highest BCUT2D eigenvalue weighted by Crippen LogP contribution is 2.11. The Labute approximate surface area is 93.1 Å². The zero-order valence-corrected chi connectivity index (χ0v) is 9.23. The van der Waals surface area contributed by atoms with Crippen molar-refractivity contribution in [2.24, 2.45) is 11.8 Å². The summed E-state index contributed by atoms with van der Waals surface area (Å²) in [6.07, 6.45) is 3.12. The average molecular weight is 225 g/mol. The highest BCUT2D eigenvalue weighted by atomic mass is 16.4. The Morgan fingerprint density at radius 3 is 2.69 bits per heavy atom. The maximum atomic E-state index is 11.6. The summed E-state index contributed by atoms with van der Waals surface area (Å²) >= 11 is 0. The van der Waals surface area contributed by atoms with Gasteiger partial charge >= 0.3 is 5.97 Å². The number of hydrogen-bond acceptors (Lipinski definition) is 3. The number of amides is 1. The summed E-state index contributed by atoms with van der Waals surface area (Å²) in [5.74, 6) is -2.49. The van der Waals surface area contributed by atoms with Crippen LogP contribution in [0.15, 0.2) is 12.5 Å². The van der Waals surface area contributed by atoms with E-state index in [0.29, 0.717) is 6.54 Å². The lowest BCUT2D eigenvalue weighted by atomic mass is 9.95. The minimum atomic E-state index is -0.968. The van der Waals surface area contributed by atoms with Crippen LogP contribution in [0.2, 0.25) is 0 Å². The van der Waals surface area contributed by atoms with Crippen LogP contribution in [0.3, 0.4) is 0 Å². The molecule has 3 N–H and O–H groups in total. The minimum Gasteiger partial charge on any atom is -0.481 e. The van der Waals surface area contributed by atoms with Gasteiger partial charge in [0.25, 0.3) is 0 Å². The predicted octanol–water partition coefficient (Wildman–Crippen LogP) is 0.383. The molecule has 0 saturated heterocycles. The molecule has 0 radical (unpaired) electrons. The number of carboxylic acid groups (broad SMARTS) is 1. The van der Waals surface area contributed by atoms with Gasteiger partial charge in [-0.3, -0.25) is 9.59 Å². The molecule has 1 rings (SSSR count). The molecule has 16 heavy (non-hydrogen) atoms. The number of carbonyl (C=O) groups is 2. The number of carbonyl (C=O) groups excluding carboxylic acids is 1. The van der Waals surface area contributed by atoms with Gasteiger partial charge < -0.3 is 15.4 Å². The van der Waals surface area contributed by atoms with Gasteiger partial charge in [0.1, 0.15) is 0 Å². The first-order valence-corrected chi connectivity index (χ1v) is 5.00. The van der Waals surface area contributed by atoms with E-state index in [1.165, 1.54) is 13.3 Å². The Bertz CT molecular complexity index is 361.